The molecule has 1 aromatic carbocycles. The summed E-state index contributed by atoms with van der Waals surface area (Å²) in [6, 6.07) is 8.06. The molecule has 21 heavy (non-hydrogen) atoms. The highest BCUT2D eigenvalue weighted by Gasteiger charge is 2.36. The number of piperidine rings is 1. The molecule has 1 saturated heterocycles. The third-order valence-electron chi connectivity index (χ3n) is 4.70. The van der Waals surface area contributed by atoms with E-state index >= 15 is 4.39 Å². The van der Waals surface area contributed by atoms with Crippen molar-refractivity contribution in [3.8, 4) is 0 Å². The van der Waals surface area contributed by atoms with E-state index in [1.54, 1.807) is 6.92 Å². The van der Waals surface area contributed by atoms with Gasteiger partial charge in [0.2, 0.25) is 0 Å². The van der Waals surface area contributed by atoms with E-state index in [0.29, 0.717) is 6.42 Å². The van der Waals surface area contributed by atoms with Crippen LogP contribution in [0, 0.1) is 5.92 Å². The zero-order valence-electron chi connectivity index (χ0n) is 12.9. The zero-order valence-corrected chi connectivity index (χ0v) is 12.9. The molecule has 2 atom stereocenters. The van der Waals surface area contributed by atoms with Crippen molar-refractivity contribution in [2.75, 3.05) is 13.1 Å². The predicted octanol–water partition coefficient (Wildman–Crippen LogP) is 3.33. The molecule has 1 aliphatic rings. The van der Waals surface area contributed by atoms with Crippen molar-refractivity contribution in [1.82, 2.24) is 14.9 Å². The molecule has 0 spiro atoms. The van der Waals surface area contributed by atoms with Gasteiger partial charge in [0.1, 0.15) is 11.5 Å². The highest BCUT2D eigenvalue weighted by atomic mass is 19.1. The number of alkyl halides is 1. The smallest absolute Gasteiger partial charge is 0.119 e. The number of rotatable bonds is 4. The van der Waals surface area contributed by atoms with E-state index in [4.69, 9.17) is 0 Å². The lowest BCUT2D eigenvalue weighted by molar-refractivity contribution is 0.0804. The van der Waals surface area contributed by atoms with Crippen LogP contribution in [-0.4, -0.2) is 28.3 Å². The van der Waals surface area contributed by atoms with Crippen molar-refractivity contribution in [1.29, 1.82) is 0 Å². The zero-order chi connectivity index (χ0) is 14.9. The van der Waals surface area contributed by atoms with E-state index in [-0.39, 0.29) is 5.92 Å². The van der Waals surface area contributed by atoms with Crippen LogP contribution >= 0.6 is 0 Å². The maximum absolute atomic E-state index is 15.2. The Hall–Kier alpha value is -1.42. The van der Waals surface area contributed by atoms with Gasteiger partial charge >= 0.3 is 0 Å². The van der Waals surface area contributed by atoms with Crippen LogP contribution in [0.2, 0.25) is 0 Å². The van der Waals surface area contributed by atoms with Crippen LogP contribution < -0.4 is 5.32 Å². The molecule has 3 nitrogen and oxygen atoms in total. The molecule has 1 aromatic heterocycles. The summed E-state index contributed by atoms with van der Waals surface area (Å²) in [7, 11) is 0. The first-order valence-corrected chi connectivity index (χ1v) is 7.95. The van der Waals surface area contributed by atoms with Crippen LogP contribution in [0.3, 0.4) is 0 Å². The molecule has 2 heterocycles. The largest absolute Gasteiger partial charge is 0.328 e. The van der Waals surface area contributed by atoms with Gasteiger partial charge in [-0.2, -0.15) is 0 Å². The Kier molecular flexibility index (Phi) is 3.98. The fourth-order valence-corrected chi connectivity index (χ4v) is 3.43. The summed E-state index contributed by atoms with van der Waals surface area (Å²) in [6.45, 7) is 6.45. The second-order valence-corrected chi connectivity index (χ2v) is 6.26. The monoisotopic (exact) mass is 289 g/mol. The minimum Gasteiger partial charge on any atom is -0.328 e. The van der Waals surface area contributed by atoms with Crippen molar-refractivity contribution < 1.29 is 4.39 Å². The summed E-state index contributed by atoms with van der Waals surface area (Å²) < 4.78 is 17.4. The lowest BCUT2D eigenvalue weighted by Gasteiger charge is -2.33. The number of hydrogen-bond donors (Lipinski definition) is 1. The Morgan fingerprint density at radius 3 is 2.95 bits per heavy atom. The van der Waals surface area contributed by atoms with Crippen molar-refractivity contribution >= 4 is 11.0 Å². The SMILES string of the molecule is CCn1c(CC(C)(F)C2CCCNC2)nc2ccccc21. The minimum atomic E-state index is -1.21. The Labute approximate surface area is 125 Å². The maximum Gasteiger partial charge on any atom is 0.119 e. The van der Waals surface area contributed by atoms with Gasteiger partial charge in [0.15, 0.2) is 0 Å². The molecule has 0 bridgehead atoms. The predicted molar refractivity (Wildman–Crippen MR) is 84.2 cm³/mol. The molecule has 0 saturated carbocycles. The van der Waals surface area contributed by atoms with Gasteiger partial charge in [-0.1, -0.05) is 12.1 Å². The first-order valence-electron chi connectivity index (χ1n) is 7.95. The summed E-state index contributed by atoms with van der Waals surface area (Å²) in [5.74, 6) is 0.950. The number of nitrogens with zero attached hydrogens (tertiary/aromatic N) is 2. The van der Waals surface area contributed by atoms with Crippen molar-refractivity contribution in [3.05, 3.63) is 30.1 Å². The standard InChI is InChI=1S/C17H24FN3/c1-3-21-15-9-5-4-8-14(15)20-16(21)11-17(2,18)13-7-6-10-19-12-13/h4-5,8-9,13,19H,3,6-7,10-12H2,1-2H3. The van der Waals surface area contributed by atoms with E-state index in [9.17, 15) is 0 Å². The lowest BCUT2D eigenvalue weighted by atomic mass is 9.82. The number of nitrogens with one attached hydrogen (secondary N) is 1. The Morgan fingerprint density at radius 1 is 1.43 bits per heavy atom. The number of halogens is 1. The van der Waals surface area contributed by atoms with Gasteiger partial charge in [0.25, 0.3) is 0 Å². The number of hydrogen-bond acceptors (Lipinski definition) is 2. The summed E-state index contributed by atoms with van der Waals surface area (Å²) in [4.78, 5) is 4.67. The highest BCUT2D eigenvalue weighted by Crippen LogP contribution is 2.32. The molecule has 0 amide bonds. The number of fused-ring (bicyclic) bond motifs is 1. The fraction of sp³-hybridized carbons (Fsp3) is 0.588. The molecular formula is C17H24FN3. The molecular weight excluding hydrogens is 265 g/mol. The van der Waals surface area contributed by atoms with Crippen LogP contribution in [0.5, 0.6) is 0 Å². The van der Waals surface area contributed by atoms with Crippen molar-refractivity contribution in [2.24, 2.45) is 5.92 Å². The quantitative estimate of drug-likeness (QED) is 0.935. The van der Waals surface area contributed by atoms with Crippen molar-refractivity contribution in [3.63, 3.8) is 0 Å². The van der Waals surface area contributed by atoms with Crippen LogP contribution in [0.1, 0.15) is 32.5 Å². The van der Waals surface area contributed by atoms with Gasteiger partial charge in [0.05, 0.1) is 11.0 Å². The molecule has 4 heteroatoms. The lowest BCUT2D eigenvalue weighted by Crippen LogP contribution is -2.43. The fourth-order valence-electron chi connectivity index (χ4n) is 3.43. The first kappa shape index (κ1) is 14.5. The third-order valence-corrected chi connectivity index (χ3v) is 4.70. The van der Waals surface area contributed by atoms with Gasteiger partial charge in [0, 0.05) is 25.4 Å². The summed E-state index contributed by atoms with van der Waals surface area (Å²) in [6.07, 6.45) is 2.42. The molecule has 1 aliphatic heterocycles. The maximum atomic E-state index is 15.2. The molecule has 2 unspecified atom stereocenters. The summed E-state index contributed by atoms with van der Waals surface area (Å²) in [5.41, 5.74) is 0.862. The normalized spacial score (nSPS) is 22.3. The summed E-state index contributed by atoms with van der Waals surface area (Å²) in [5, 5.41) is 3.31. The van der Waals surface area contributed by atoms with Crippen LogP contribution in [0.15, 0.2) is 24.3 Å². The third kappa shape index (κ3) is 2.82. The molecule has 114 valence electrons. The highest BCUT2D eigenvalue weighted by molar-refractivity contribution is 5.75. The average molecular weight is 289 g/mol. The van der Waals surface area contributed by atoms with Gasteiger partial charge < -0.3 is 9.88 Å². The van der Waals surface area contributed by atoms with Gasteiger partial charge in [-0.15, -0.1) is 0 Å². The first-order chi connectivity index (χ1) is 10.1. The number of aryl methyl sites for hydroxylation is 1. The number of para-hydroxylation sites is 2. The van der Waals surface area contributed by atoms with Crippen molar-refractivity contribution in [2.45, 2.75) is 45.3 Å². The molecule has 1 fully saturated rings. The van der Waals surface area contributed by atoms with Gasteiger partial charge in [-0.05, 0) is 45.4 Å². The number of imidazole rings is 1. The Morgan fingerprint density at radius 2 is 2.24 bits per heavy atom. The van der Waals surface area contributed by atoms with Crippen LogP contribution in [0.4, 0.5) is 4.39 Å². The van der Waals surface area contributed by atoms with E-state index in [2.05, 4.69) is 27.9 Å². The number of benzene rings is 1. The van der Waals surface area contributed by atoms with Crippen LogP contribution in [0.25, 0.3) is 11.0 Å². The molecule has 0 aliphatic carbocycles. The minimum absolute atomic E-state index is 0.0800. The molecule has 1 N–H and O–H groups in total. The molecule has 2 aromatic rings. The second kappa shape index (κ2) is 5.76. The van der Waals surface area contributed by atoms with E-state index in [0.717, 1.165) is 49.3 Å². The topological polar surface area (TPSA) is 29.9 Å². The second-order valence-electron chi connectivity index (χ2n) is 6.26. The Bertz CT molecular complexity index is 612. The Balaban J connectivity index is 1.89. The molecule has 3 rings (SSSR count). The van der Waals surface area contributed by atoms with Gasteiger partial charge in [-0.25, -0.2) is 9.37 Å². The van der Waals surface area contributed by atoms with Gasteiger partial charge in [-0.3, -0.25) is 0 Å². The van der Waals surface area contributed by atoms with E-state index < -0.39 is 5.67 Å². The van der Waals surface area contributed by atoms with Crippen LogP contribution in [-0.2, 0) is 13.0 Å². The molecule has 0 radical (unpaired) electrons. The summed E-state index contributed by atoms with van der Waals surface area (Å²) >= 11 is 0. The van der Waals surface area contributed by atoms with E-state index in [1.165, 1.54) is 0 Å². The van der Waals surface area contributed by atoms with E-state index in [1.807, 2.05) is 18.2 Å². The number of aromatic nitrogens is 2. The average Bonchev–Trinajstić information content (AvgIpc) is 2.84.